The lowest BCUT2D eigenvalue weighted by Crippen LogP contribution is -2.17. The number of anilines is 1. The fourth-order valence-corrected chi connectivity index (χ4v) is 2.72. The molecule has 14 heavy (non-hydrogen) atoms. The normalized spacial score (nSPS) is 16.3. The minimum absolute atomic E-state index is 0.102. The number of halogens is 1. The molecule has 0 fully saturated rings. The topological polar surface area (TPSA) is 29.9 Å². The van der Waals surface area contributed by atoms with E-state index in [-0.39, 0.29) is 5.41 Å². The summed E-state index contributed by atoms with van der Waals surface area (Å²) in [5, 5.41) is 3.32. The molecule has 1 aromatic rings. The number of hydrogen-bond donors (Lipinski definition) is 1. The highest BCUT2D eigenvalue weighted by Gasteiger charge is 2.25. The quantitative estimate of drug-likeness (QED) is 0.775. The number of imidazole rings is 1. The van der Waals surface area contributed by atoms with Crippen molar-refractivity contribution >= 4 is 21.9 Å². The molecule has 0 aromatic carbocycles. The zero-order valence-electron chi connectivity index (χ0n) is 8.89. The summed E-state index contributed by atoms with van der Waals surface area (Å²) in [6.07, 6.45) is 1.17. The van der Waals surface area contributed by atoms with E-state index in [1.54, 1.807) is 0 Å². The van der Waals surface area contributed by atoms with E-state index in [0.29, 0.717) is 0 Å². The summed E-state index contributed by atoms with van der Waals surface area (Å²) in [5.74, 6) is 1.01. The molecule has 1 aliphatic rings. The maximum absolute atomic E-state index is 4.63. The highest BCUT2D eigenvalue weighted by molar-refractivity contribution is 9.10. The molecule has 0 aliphatic carbocycles. The highest BCUT2D eigenvalue weighted by Crippen LogP contribution is 2.32. The summed E-state index contributed by atoms with van der Waals surface area (Å²) >= 11 is 3.63. The van der Waals surface area contributed by atoms with Crippen LogP contribution in [0.1, 0.15) is 32.9 Å². The lowest BCUT2D eigenvalue weighted by atomic mass is 9.93. The van der Waals surface area contributed by atoms with Crippen LogP contribution in [0.15, 0.2) is 4.60 Å². The van der Waals surface area contributed by atoms with Gasteiger partial charge in [0.05, 0.1) is 5.69 Å². The molecule has 1 aliphatic heterocycles. The Morgan fingerprint density at radius 3 is 2.71 bits per heavy atom. The number of fused-ring (bicyclic) bond motifs is 1. The van der Waals surface area contributed by atoms with Gasteiger partial charge in [-0.3, -0.25) is 0 Å². The van der Waals surface area contributed by atoms with Crippen molar-refractivity contribution < 1.29 is 0 Å². The molecule has 2 heterocycles. The first-order valence-electron chi connectivity index (χ1n) is 5.00. The minimum atomic E-state index is 0.102. The van der Waals surface area contributed by atoms with Gasteiger partial charge in [0.25, 0.3) is 0 Å². The van der Waals surface area contributed by atoms with E-state index in [2.05, 4.69) is 51.6 Å². The van der Waals surface area contributed by atoms with Crippen LogP contribution in [-0.2, 0) is 12.0 Å². The van der Waals surface area contributed by atoms with Gasteiger partial charge in [0, 0.05) is 18.5 Å². The third-order valence-electron chi connectivity index (χ3n) is 2.46. The lowest BCUT2D eigenvalue weighted by molar-refractivity contribution is 0.564. The van der Waals surface area contributed by atoms with Gasteiger partial charge in [0.1, 0.15) is 4.60 Å². The van der Waals surface area contributed by atoms with E-state index in [0.717, 1.165) is 29.3 Å². The summed E-state index contributed by atoms with van der Waals surface area (Å²) in [6.45, 7) is 8.66. The van der Waals surface area contributed by atoms with E-state index in [1.807, 2.05) is 0 Å². The number of nitrogens with one attached hydrogen (secondary N) is 1. The number of rotatable bonds is 0. The predicted molar refractivity (Wildman–Crippen MR) is 61.7 cm³/mol. The summed E-state index contributed by atoms with van der Waals surface area (Å²) < 4.78 is 3.34. The summed E-state index contributed by atoms with van der Waals surface area (Å²) in [5.41, 5.74) is 1.24. The molecule has 0 radical (unpaired) electrons. The van der Waals surface area contributed by atoms with Gasteiger partial charge in [-0.1, -0.05) is 20.8 Å². The Morgan fingerprint density at radius 2 is 2.14 bits per heavy atom. The highest BCUT2D eigenvalue weighted by atomic mass is 79.9. The second-order valence-corrected chi connectivity index (χ2v) is 5.51. The molecule has 0 saturated heterocycles. The molecule has 1 aromatic heterocycles. The Kier molecular flexibility index (Phi) is 2.33. The van der Waals surface area contributed by atoms with Crippen molar-refractivity contribution in [1.82, 2.24) is 9.55 Å². The second kappa shape index (κ2) is 3.26. The van der Waals surface area contributed by atoms with Crippen LogP contribution < -0.4 is 5.32 Å². The molecule has 78 valence electrons. The van der Waals surface area contributed by atoms with Crippen LogP contribution in [0.3, 0.4) is 0 Å². The first kappa shape index (κ1) is 10.0. The number of hydrogen-bond acceptors (Lipinski definition) is 2. The molecule has 2 rings (SSSR count). The van der Waals surface area contributed by atoms with Crippen LogP contribution in [0.2, 0.25) is 0 Å². The molecule has 0 atom stereocenters. The summed E-state index contributed by atoms with van der Waals surface area (Å²) in [4.78, 5) is 4.63. The lowest BCUT2D eigenvalue weighted by Gasteiger charge is -2.17. The van der Waals surface area contributed by atoms with Crippen molar-refractivity contribution in [2.45, 2.75) is 39.2 Å². The summed E-state index contributed by atoms with van der Waals surface area (Å²) in [6, 6.07) is 0. The molecule has 3 nitrogen and oxygen atoms in total. The summed E-state index contributed by atoms with van der Waals surface area (Å²) in [7, 11) is 0. The van der Waals surface area contributed by atoms with Gasteiger partial charge in [-0.25, -0.2) is 4.98 Å². The van der Waals surface area contributed by atoms with Gasteiger partial charge in [-0.2, -0.15) is 0 Å². The Hall–Kier alpha value is -0.510. The number of nitrogens with zero attached hydrogens (tertiary/aromatic N) is 2. The van der Waals surface area contributed by atoms with Gasteiger partial charge in [-0.05, 0) is 22.4 Å². The van der Waals surface area contributed by atoms with Crippen LogP contribution in [0.25, 0.3) is 0 Å². The van der Waals surface area contributed by atoms with Crippen LogP contribution in [-0.4, -0.2) is 16.1 Å². The molecule has 0 saturated carbocycles. The van der Waals surface area contributed by atoms with E-state index in [4.69, 9.17) is 0 Å². The maximum Gasteiger partial charge on any atom is 0.203 e. The smallest absolute Gasteiger partial charge is 0.203 e. The van der Waals surface area contributed by atoms with E-state index >= 15 is 0 Å². The van der Waals surface area contributed by atoms with E-state index < -0.39 is 0 Å². The van der Waals surface area contributed by atoms with Crippen LogP contribution in [0.5, 0.6) is 0 Å². The van der Waals surface area contributed by atoms with Gasteiger partial charge >= 0.3 is 0 Å². The molecule has 4 heteroatoms. The van der Waals surface area contributed by atoms with E-state index in [9.17, 15) is 0 Å². The van der Waals surface area contributed by atoms with Gasteiger partial charge in [-0.15, -0.1) is 0 Å². The third kappa shape index (κ3) is 1.56. The zero-order chi connectivity index (χ0) is 10.3. The van der Waals surface area contributed by atoms with Crippen molar-refractivity contribution in [2.75, 3.05) is 11.9 Å². The average Bonchev–Trinajstić information content (AvgIpc) is 2.44. The Bertz CT molecular complexity index is 349. The number of aromatic nitrogens is 2. The average molecular weight is 258 g/mol. The van der Waals surface area contributed by atoms with Crippen molar-refractivity contribution in [2.24, 2.45) is 0 Å². The van der Waals surface area contributed by atoms with Crippen molar-refractivity contribution in [3.63, 3.8) is 0 Å². The van der Waals surface area contributed by atoms with Gasteiger partial charge in [0.2, 0.25) is 5.95 Å². The van der Waals surface area contributed by atoms with Crippen molar-refractivity contribution in [3.8, 4) is 0 Å². The standard InChI is InChI=1S/C10H16BrN3/c1-10(2,3)7-8(11)14-6-4-5-12-9(14)13-7/h4-6H2,1-3H3,(H,12,13). The molecule has 0 spiro atoms. The van der Waals surface area contributed by atoms with Crippen molar-refractivity contribution in [1.29, 1.82) is 0 Å². The molecular weight excluding hydrogens is 242 g/mol. The van der Waals surface area contributed by atoms with Crippen LogP contribution >= 0.6 is 15.9 Å². The fraction of sp³-hybridized carbons (Fsp3) is 0.700. The maximum atomic E-state index is 4.63. The second-order valence-electron chi connectivity index (χ2n) is 4.76. The zero-order valence-corrected chi connectivity index (χ0v) is 10.5. The van der Waals surface area contributed by atoms with Crippen LogP contribution in [0, 0.1) is 0 Å². The SMILES string of the molecule is CC(C)(C)c1nc2n(c1Br)CCCN2. The van der Waals surface area contributed by atoms with Crippen molar-refractivity contribution in [3.05, 3.63) is 10.3 Å². The third-order valence-corrected chi connectivity index (χ3v) is 3.26. The monoisotopic (exact) mass is 257 g/mol. The first-order chi connectivity index (χ1) is 6.50. The minimum Gasteiger partial charge on any atom is -0.356 e. The van der Waals surface area contributed by atoms with Gasteiger partial charge in [0.15, 0.2) is 0 Å². The van der Waals surface area contributed by atoms with Gasteiger partial charge < -0.3 is 9.88 Å². The predicted octanol–water partition coefficient (Wildman–Crippen LogP) is 2.76. The Labute approximate surface area is 93.0 Å². The molecule has 1 N–H and O–H groups in total. The largest absolute Gasteiger partial charge is 0.356 e. The Morgan fingerprint density at radius 1 is 1.43 bits per heavy atom. The molecule has 0 bridgehead atoms. The molecule has 0 unspecified atom stereocenters. The van der Waals surface area contributed by atoms with E-state index in [1.165, 1.54) is 6.42 Å². The molecular formula is C10H16BrN3. The fourth-order valence-electron chi connectivity index (χ4n) is 1.69. The first-order valence-corrected chi connectivity index (χ1v) is 5.80. The molecule has 0 amide bonds. The Balaban J connectivity index is 2.49. The van der Waals surface area contributed by atoms with Crippen LogP contribution in [0.4, 0.5) is 5.95 Å².